The number of hydrogen-bond donors (Lipinski definition) is 1. The van der Waals surface area contributed by atoms with Crippen LogP contribution in [0.4, 0.5) is 0 Å². The lowest BCUT2D eigenvalue weighted by Gasteiger charge is -2.20. The van der Waals surface area contributed by atoms with Gasteiger partial charge in [-0.25, -0.2) is 14.4 Å². The van der Waals surface area contributed by atoms with E-state index in [-0.39, 0.29) is 6.61 Å². The van der Waals surface area contributed by atoms with Crippen LogP contribution in [0.15, 0.2) is 82.5 Å². The number of H-pyrrole nitrogens is 1. The van der Waals surface area contributed by atoms with Crippen molar-refractivity contribution in [2.24, 2.45) is 0 Å². The molecule has 0 amide bonds. The summed E-state index contributed by atoms with van der Waals surface area (Å²) in [5.74, 6) is -1.12. The number of benzene rings is 2. The SMILES string of the molecule is O=C(OC[C@H]1O[C@@H](n2ccc(=O)[nH]c2=O)[C@H](I)[C@H]1OC(=O)c1ccccc1)c1ccccc1. The Kier molecular flexibility index (Phi) is 7.04. The maximum Gasteiger partial charge on any atom is 0.338 e. The van der Waals surface area contributed by atoms with E-state index in [4.69, 9.17) is 14.2 Å². The number of carbonyl (C=O) groups is 2. The summed E-state index contributed by atoms with van der Waals surface area (Å²) >= 11 is 2.03. The van der Waals surface area contributed by atoms with Gasteiger partial charge in [0.25, 0.3) is 5.56 Å². The standard InChI is InChI=1S/C23H19IN2O7/c24-18-19(33-22(29)15-9-5-2-6-10-15)16(13-31-21(28)14-7-3-1-4-8-14)32-20(18)26-12-11-17(27)25-23(26)30/h1-12,16,18-20H,13H2,(H,25,27,30)/t16-,18-,19+,20-/m1/s1. The van der Waals surface area contributed by atoms with Crippen molar-refractivity contribution in [2.75, 3.05) is 6.61 Å². The molecule has 170 valence electrons. The second kappa shape index (κ2) is 10.1. The van der Waals surface area contributed by atoms with Crippen LogP contribution in [0.5, 0.6) is 0 Å². The summed E-state index contributed by atoms with van der Waals surface area (Å²) in [6.07, 6.45) is -1.21. The van der Waals surface area contributed by atoms with Gasteiger partial charge in [0.2, 0.25) is 0 Å². The van der Waals surface area contributed by atoms with Crippen LogP contribution in [0.1, 0.15) is 26.9 Å². The minimum Gasteiger partial charge on any atom is -0.459 e. The highest BCUT2D eigenvalue weighted by molar-refractivity contribution is 14.1. The third-order valence-electron chi connectivity index (χ3n) is 5.03. The summed E-state index contributed by atoms with van der Waals surface area (Å²) in [5.41, 5.74) is -0.484. The normalized spacial score (nSPS) is 22.0. The van der Waals surface area contributed by atoms with E-state index in [9.17, 15) is 19.2 Å². The molecule has 4 rings (SSSR count). The van der Waals surface area contributed by atoms with E-state index in [1.807, 2.05) is 22.6 Å². The monoisotopic (exact) mass is 562 g/mol. The molecule has 0 aliphatic carbocycles. The Hall–Kier alpha value is -3.25. The van der Waals surface area contributed by atoms with Crippen LogP contribution in [0.3, 0.4) is 0 Å². The van der Waals surface area contributed by atoms with Gasteiger partial charge in [0.05, 0.1) is 15.1 Å². The summed E-state index contributed by atoms with van der Waals surface area (Å²) in [6, 6.07) is 18.1. The topological polar surface area (TPSA) is 117 Å². The molecule has 10 heteroatoms. The number of hydrogen-bond acceptors (Lipinski definition) is 7. The van der Waals surface area contributed by atoms with E-state index >= 15 is 0 Å². The van der Waals surface area contributed by atoms with Gasteiger partial charge in [0.15, 0.2) is 6.23 Å². The highest BCUT2D eigenvalue weighted by atomic mass is 127. The quantitative estimate of drug-likeness (QED) is 0.279. The minimum atomic E-state index is -0.857. The Morgan fingerprint density at radius 1 is 0.939 bits per heavy atom. The van der Waals surface area contributed by atoms with E-state index in [2.05, 4.69) is 4.98 Å². The first kappa shape index (κ1) is 22.9. The Balaban J connectivity index is 1.56. The molecule has 2 heterocycles. The third kappa shape index (κ3) is 5.22. The third-order valence-corrected chi connectivity index (χ3v) is 6.36. The van der Waals surface area contributed by atoms with Crippen molar-refractivity contribution in [1.82, 2.24) is 9.55 Å². The van der Waals surface area contributed by atoms with Gasteiger partial charge in [-0.05, 0) is 24.3 Å². The van der Waals surface area contributed by atoms with Crippen molar-refractivity contribution in [2.45, 2.75) is 22.4 Å². The van der Waals surface area contributed by atoms with Gasteiger partial charge in [-0.3, -0.25) is 14.3 Å². The van der Waals surface area contributed by atoms with Gasteiger partial charge in [0, 0.05) is 12.3 Å². The molecule has 2 aromatic carbocycles. The lowest BCUT2D eigenvalue weighted by Crippen LogP contribution is -2.37. The van der Waals surface area contributed by atoms with Crippen LogP contribution in [0, 0.1) is 0 Å². The second-order valence-corrected chi connectivity index (χ2v) is 8.67. The fraction of sp³-hybridized carbons (Fsp3) is 0.217. The number of rotatable bonds is 6. The lowest BCUT2D eigenvalue weighted by atomic mass is 10.1. The number of esters is 2. The van der Waals surface area contributed by atoms with Crippen molar-refractivity contribution in [3.05, 3.63) is 105 Å². The molecule has 9 nitrogen and oxygen atoms in total. The van der Waals surface area contributed by atoms with Crippen LogP contribution >= 0.6 is 22.6 Å². The predicted octanol–water partition coefficient (Wildman–Crippen LogP) is 2.32. The van der Waals surface area contributed by atoms with Crippen molar-refractivity contribution in [1.29, 1.82) is 0 Å². The maximum atomic E-state index is 12.7. The molecule has 0 saturated carbocycles. The summed E-state index contributed by atoms with van der Waals surface area (Å²) in [5, 5.41) is 0. The molecule has 1 fully saturated rings. The fourth-order valence-electron chi connectivity index (χ4n) is 3.40. The molecule has 1 N–H and O–H groups in total. The van der Waals surface area contributed by atoms with Gasteiger partial charge in [-0.15, -0.1) is 0 Å². The zero-order chi connectivity index (χ0) is 23.4. The largest absolute Gasteiger partial charge is 0.459 e. The molecule has 4 atom stereocenters. The molecule has 0 bridgehead atoms. The molecular formula is C23H19IN2O7. The van der Waals surface area contributed by atoms with Crippen LogP contribution in [0.25, 0.3) is 0 Å². The number of ether oxygens (including phenoxy) is 3. The smallest absolute Gasteiger partial charge is 0.338 e. The summed E-state index contributed by atoms with van der Waals surface area (Å²) in [6.45, 7) is -0.200. The van der Waals surface area contributed by atoms with Crippen molar-refractivity contribution in [3.8, 4) is 0 Å². The first-order chi connectivity index (χ1) is 15.9. The van der Waals surface area contributed by atoms with Gasteiger partial charge in [-0.2, -0.15) is 0 Å². The van der Waals surface area contributed by atoms with Crippen LogP contribution in [-0.2, 0) is 14.2 Å². The zero-order valence-electron chi connectivity index (χ0n) is 17.1. The number of halogens is 1. The molecule has 0 unspecified atom stereocenters. The summed E-state index contributed by atoms with van der Waals surface area (Å²) < 4.78 is 17.8. The summed E-state index contributed by atoms with van der Waals surface area (Å²) in [4.78, 5) is 51.0. The number of nitrogens with zero attached hydrogens (tertiary/aromatic N) is 1. The Labute approximate surface area is 201 Å². The molecule has 0 spiro atoms. The number of alkyl halides is 1. The molecule has 1 aromatic heterocycles. The highest BCUT2D eigenvalue weighted by Gasteiger charge is 2.47. The Bertz CT molecular complexity index is 1240. The predicted molar refractivity (Wildman–Crippen MR) is 125 cm³/mol. The maximum absolute atomic E-state index is 12.7. The average molecular weight is 562 g/mol. The van der Waals surface area contributed by atoms with Gasteiger partial charge >= 0.3 is 17.6 Å². The molecule has 1 saturated heterocycles. The first-order valence-electron chi connectivity index (χ1n) is 10.0. The second-order valence-electron chi connectivity index (χ2n) is 7.23. The molecule has 0 radical (unpaired) electrons. The van der Waals surface area contributed by atoms with Crippen LogP contribution in [-0.4, -0.2) is 44.2 Å². The molecule has 1 aliphatic rings. The lowest BCUT2D eigenvalue weighted by molar-refractivity contribution is -0.0581. The average Bonchev–Trinajstić information content (AvgIpc) is 3.13. The van der Waals surface area contributed by atoms with Crippen molar-refractivity contribution < 1.29 is 23.8 Å². The molecular weight excluding hydrogens is 543 g/mol. The fourth-order valence-corrected chi connectivity index (χ4v) is 4.53. The number of aromatic nitrogens is 2. The molecule has 3 aromatic rings. The van der Waals surface area contributed by atoms with Gasteiger partial charge < -0.3 is 14.2 Å². The van der Waals surface area contributed by atoms with E-state index in [0.29, 0.717) is 11.1 Å². The van der Waals surface area contributed by atoms with Crippen LogP contribution < -0.4 is 11.2 Å². The van der Waals surface area contributed by atoms with Crippen molar-refractivity contribution >= 4 is 34.5 Å². The van der Waals surface area contributed by atoms with E-state index in [0.717, 1.165) is 0 Å². The van der Waals surface area contributed by atoms with Gasteiger partial charge in [-0.1, -0.05) is 59.0 Å². The highest BCUT2D eigenvalue weighted by Crippen LogP contribution is 2.36. The van der Waals surface area contributed by atoms with E-state index < -0.39 is 45.5 Å². The van der Waals surface area contributed by atoms with Gasteiger partial charge in [0.1, 0.15) is 18.8 Å². The number of nitrogens with one attached hydrogen (secondary N) is 1. The van der Waals surface area contributed by atoms with Crippen molar-refractivity contribution in [3.63, 3.8) is 0 Å². The Morgan fingerprint density at radius 2 is 1.55 bits per heavy atom. The minimum absolute atomic E-state index is 0.200. The summed E-state index contributed by atoms with van der Waals surface area (Å²) in [7, 11) is 0. The molecule has 33 heavy (non-hydrogen) atoms. The van der Waals surface area contributed by atoms with E-state index in [1.54, 1.807) is 60.7 Å². The zero-order valence-corrected chi connectivity index (χ0v) is 19.3. The van der Waals surface area contributed by atoms with Crippen LogP contribution in [0.2, 0.25) is 0 Å². The van der Waals surface area contributed by atoms with E-state index in [1.165, 1.54) is 16.8 Å². The first-order valence-corrected chi connectivity index (χ1v) is 11.3. The number of aromatic amines is 1. The molecule has 1 aliphatic heterocycles. The Morgan fingerprint density at radius 3 is 2.15 bits per heavy atom. The number of carbonyl (C=O) groups excluding carboxylic acids is 2.